The normalized spacial score (nSPS) is 13.3. The van der Waals surface area contributed by atoms with E-state index in [4.69, 9.17) is 16.3 Å². The molecule has 1 aliphatic heterocycles. The fraction of sp³-hybridized carbons (Fsp3) is 0.172. The zero-order valence-corrected chi connectivity index (χ0v) is 21.7. The number of amides is 2. The summed E-state index contributed by atoms with van der Waals surface area (Å²) in [6.07, 6.45) is 0. The predicted molar refractivity (Wildman–Crippen MR) is 149 cm³/mol. The molecular weight excluding hydrogens is 506 g/mol. The predicted octanol–water partition coefficient (Wildman–Crippen LogP) is 6.20. The van der Waals surface area contributed by atoms with Gasteiger partial charge in [0.25, 0.3) is 11.8 Å². The average Bonchev–Trinajstić information content (AvgIpc) is 3.48. The van der Waals surface area contributed by atoms with Crippen molar-refractivity contribution >= 4 is 46.1 Å². The van der Waals surface area contributed by atoms with E-state index in [-0.39, 0.29) is 11.8 Å². The maximum absolute atomic E-state index is 12.9. The maximum atomic E-state index is 12.9. The van der Waals surface area contributed by atoms with Gasteiger partial charge in [-0.25, -0.2) is 0 Å². The molecule has 0 saturated carbocycles. The van der Waals surface area contributed by atoms with Crippen molar-refractivity contribution in [2.45, 2.75) is 6.61 Å². The van der Waals surface area contributed by atoms with Crippen LogP contribution in [0.5, 0.6) is 5.75 Å². The summed E-state index contributed by atoms with van der Waals surface area (Å²) in [5, 5.41) is 5.39. The lowest BCUT2D eigenvalue weighted by molar-refractivity contribution is 0.0751. The highest BCUT2D eigenvalue weighted by atomic mass is 35.5. The van der Waals surface area contributed by atoms with E-state index in [1.54, 1.807) is 24.3 Å². The number of hydrogen-bond donors (Lipinski definition) is 1. The van der Waals surface area contributed by atoms with E-state index in [1.807, 2.05) is 70.9 Å². The van der Waals surface area contributed by atoms with Crippen molar-refractivity contribution < 1.29 is 14.3 Å². The van der Waals surface area contributed by atoms with Gasteiger partial charge in [0.05, 0.1) is 15.6 Å². The first-order chi connectivity index (χ1) is 18.1. The van der Waals surface area contributed by atoms with Crippen LogP contribution in [0.2, 0.25) is 5.02 Å². The lowest BCUT2D eigenvalue weighted by Crippen LogP contribution is -2.48. The summed E-state index contributed by atoms with van der Waals surface area (Å²) in [5.74, 6) is 0.463. The second-order valence-electron chi connectivity index (χ2n) is 8.68. The van der Waals surface area contributed by atoms with Crippen molar-refractivity contribution in [3.05, 3.63) is 111 Å². The number of nitrogens with one attached hydrogen (secondary N) is 1. The number of ether oxygens (including phenoxy) is 1. The molecule has 4 aromatic rings. The van der Waals surface area contributed by atoms with Crippen LogP contribution in [0.25, 0.3) is 0 Å². The molecule has 1 fully saturated rings. The van der Waals surface area contributed by atoms with Gasteiger partial charge in [-0.15, -0.1) is 11.3 Å². The van der Waals surface area contributed by atoms with Crippen molar-refractivity contribution in [2.24, 2.45) is 0 Å². The van der Waals surface area contributed by atoms with Crippen molar-refractivity contribution in [1.82, 2.24) is 4.90 Å². The molecular formula is C29H26ClN3O3S. The summed E-state index contributed by atoms with van der Waals surface area (Å²) in [6.45, 7) is 3.08. The SMILES string of the molecule is O=C(Nc1ccc(N2CCN(C(=O)c3cccs3)CC2)c(Cl)c1)c1cccc(OCc2ccccc2)c1. The maximum Gasteiger partial charge on any atom is 0.264 e. The second-order valence-corrected chi connectivity index (χ2v) is 10.0. The largest absolute Gasteiger partial charge is 0.489 e. The summed E-state index contributed by atoms with van der Waals surface area (Å²) >= 11 is 8.07. The molecule has 6 nitrogen and oxygen atoms in total. The number of anilines is 2. The standard InChI is InChI=1S/C29H26ClN3O3S/c30-25-19-23(11-12-26(25)32-13-15-33(16-14-32)29(35)27-10-5-17-37-27)31-28(34)22-8-4-9-24(18-22)36-20-21-6-2-1-3-7-21/h1-12,17-19H,13-16,20H2,(H,31,34). The fourth-order valence-electron chi connectivity index (χ4n) is 4.22. The summed E-state index contributed by atoms with van der Waals surface area (Å²) in [5.41, 5.74) is 3.06. The molecule has 188 valence electrons. The number of hydrogen-bond acceptors (Lipinski definition) is 5. The Bertz CT molecular complexity index is 1370. The molecule has 1 saturated heterocycles. The topological polar surface area (TPSA) is 61.9 Å². The molecule has 5 rings (SSSR count). The molecule has 8 heteroatoms. The fourth-order valence-corrected chi connectivity index (χ4v) is 5.21. The highest BCUT2D eigenvalue weighted by molar-refractivity contribution is 7.12. The molecule has 0 aliphatic carbocycles. The Hall–Kier alpha value is -3.81. The minimum absolute atomic E-state index is 0.0772. The first-order valence-electron chi connectivity index (χ1n) is 12.0. The van der Waals surface area contributed by atoms with Crippen LogP contribution >= 0.6 is 22.9 Å². The van der Waals surface area contributed by atoms with Crippen molar-refractivity contribution in [2.75, 3.05) is 36.4 Å². The van der Waals surface area contributed by atoms with Crippen LogP contribution in [0.3, 0.4) is 0 Å². The highest BCUT2D eigenvalue weighted by Crippen LogP contribution is 2.30. The lowest BCUT2D eigenvalue weighted by Gasteiger charge is -2.36. The molecule has 2 amide bonds. The summed E-state index contributed by atoms with van der Waals surface area (Å²) in [6, 6.07) is 26.3. The van der Waals surface area contributed by atoms with E-state index in [1.165, 1.54) is 11.3 Å². The van der Waals surface area contributed by atoms with E-state index in [0.29, 0.717) is 54.8 Å². The number of thiophene rings is 1. The molecule has 0 spiro atoms. The van der Waals surface area contributed by atoms with Gasteiger partial charge in [0, 0.05) is 37.4 Å². The van der Waals surface area contributed by atoms with Gasteiger partial charge in [0.1, 0.15) is 12.4 Å². The van der Waals surface area contributed by atoms with Crippen molar-refractivity contribution in [3.8, 4) is 5.75 Å². The number of carbonyl (C=O) groups excluding carboxylic acids is 2. The van der Waals surface area contributed by atoms with E-state index in [0.717, 1.165) is 16.1 Å². The summed E-state index contributed by atoms with van der Waals surface area (Å²) in [4.78, 5) is 30.3. The quantitative estimate of drug-likeness (QED) is 0.308. The molecule has 1 aliphatic rings. The van der Waals surface area contributed by atoms with Crippen LogP contribution in [0.1, 0.15) is 25.6 Å². The molecule has 0 atom stereocenters. The Morgan fingerprint density at radius 1 is 0.892 bits per heavy atom. The minimum Gasteiger partial charge on any atom is -0.489 e. The number of piperazine rings is 1. The average molecular weight is 532 g/mol. The van der Waals surface area contributed by atoms with Gasteiger partial charge in [-0.05, 0) is 53.4 Å². The smallest absolute Gasteiger partial charge is 0.264 e. The molecule has 0 radical (unpaired) electrons. The monoisotopic (exact) mass is 531 g/mol. The van der Waals surface area contributed by atoms with Crippen LogP contribution in [0, 0.1) is 0 Å². The third-order valence-corrected chi connectivity index (χ3v) is 7.35. The van der Waals surface area contributed by atoms with Gasteiger partial charge < -0.3 is 19.9 Å². The molecule has 37 heavy (non-hydrogen) atoms. The van der Waals surface area contributed by atoms with E-state index in [2.05, 4.69) is 10.2 Å². The number of halogens is 1. The zero-order valence-electron chi connectivity index (χ0n) is 20.1. The first-order valence-corrected chi connectivity index (χ1v) is 13.3. The molecule has 0 bridgehead atoms. The number of carbonyl (C=O) groups is 2. The van der Waals surface area contributed by atoms with Gasteiger partial charge in [-0.1, -0.05) is 54.1 Å². The van der Waals surface area contributed by atoms with E-state index < -0.39 is 0 Å². The minimum atomic E-state index is -0.241. The van der Waals surface area contributed by atoms with Crippen molar-refractivity contribution in [3.63, 3.8) is 0 Å². The lowest BCUT2D eigenvalue weighted by atomic mass is 10.2. The molecule has 3 aromatic carbocycles. The Morgan fingerprint density at radius 2 is 1.70 bits per heavy atom. The Morgan fingerprint density at radius 3 is 2.43 bits per heavy atom. The molecule has 0 unspecified atom stereocenters. The first kappa shape index (κ1) is 24.9. The number of benzene rings is 3. The second kappa shape index (κ2) is 11.5. The number of rotatable bonds is 7. The Kier molecular flexibility index (Phi) is 7.73. The summed E-state index contributed by atoms with van der Waals surface area (Å²) in [7, 11) is 0. The van der Waals surface area contributed by atoms with Crippen LogP contribution in [-0.2, 0) is 6.61 Å². The molecule has 2 heterocycles. The molecule has 1 aromatic heterocycles. The van der Waals surface area contributed by atoms with Gasteiger partial charge in [-0.2, -0.15) is 0 Å². The molecule has 1 N–H and O–H groups in total. The van der Waals surface area contributed by atoms with Crippen LogP contribution in [-0.4, -0.2) is 42.9 Å². The zero-order chi connectivity index (χ0) is 25.6. The summed E-state index contributed by atoms with van der Waals surface area (Å²) < 4.78 is 5.85. The van der Waals surface area contributed by atoms with Crippen LogP contribution in [0.15, 0.2) is 90.3 Å². The van der Waals surface area contributed by atoms with Gasteiger partial charge in [0.15, 0.2) is 0 Å². The van der Waals surface area contributed by atoms with Gasteiger partial charge in [0.2, 0.25) is 0 Å². The van der Waals surface area contributed by atoms with E-state index in [9.17, 15) is 9.59 Å². The number of nitrogens with zero attached hydrogens (tertiary/aromatic N) is 2. The van der Waals surface area contributed by atoms with Gasteiger partial charge >= 0.3 is 0 Å². The third-order valence-electron chi connectivity index (χ3n) is 6.19. The van der Waals surface area contributed by atoms with Crippen LogP contribution in [0.4, 0.5) is 11.4 Å². The third kappa shape index (κ3) is 6.13. The highest BCUT2D eigenvalue weighted by Gasteiger charge is 2.24. The van der Waals surface area contributed by atoms with Crippen molar-refractivity contribution in [1.29, 1.82) is 0 Å². The van der Waals surface area contributed by atoms with E-state index >= 15 is 0 Å². The van der Waals surface area contributed by atoms with Gasteiger partial charge in [-0.3, -0.25) is 9.59 Å². The Balaban J connectivity index is 1.18. The Labute approximate surface area is 225 Å². The van der Waals surface area contributed by atoms with Crippen LogP contribution < -0.4 is 15.0 Å².